The minimum absolute atomic E-state index is 0.0434. The molecule has 3 aliphatic heterocycles. The lowest BCUT2D eigenvalue weighted by molar-refractivity contribution is -0.240. The van der Waals surface area contributed by atoms with E-state index in [0.717, 1.165) is 25.7 Å². The Labute approximate surface area is 205 Å². The van der Waals surface area contributed by atoms with E-state index in [-0.39, 0.29) is 23.3 Å². The second kappa shape index (κ2) is 9.58. The summed E-state index contributed by atoms with van der Waals surface area (Å²) in [5.74, 6) is -0.116. The highest BCUT2D eigenvalue weighted by molar-refractivity contribution is 5.86. The molecule has 0 radical (unpaired) electrons. The zero-order valence-electron chi connectivity index (χ0n) is 22.4. The fourth-order valence-corrected chi connectivity index (χ4v) is 5.39. The van der Waals surface area contributed by atoms with Gasteiger partial charge in [0.1, 0.15) is 11.6 Å². The van der Waals surface area contributed by atoms with Crippen molar-refractivity contribution in [2.24, 2.45) is 11.3 Å². The third-order valence-electron chi connectivity index (χ3n) is 7.91. The van der Waals surface area contributed by atoms with E-state index in [4.69, 9.17) is 14.2 Å². The van der Waals surface area contributed by atoms with Crippen molar-refractivity contribution in [1.29, 1.82) is 0 Å². The quantitative estimate of drug-likeness (QED) is 0.637. The molecule has 0 aromatic rings. The molecule has 34 heavy (non-hydrogen) atoms. The molecule has 3 aliphatic rings. The standard InChI is InChI=1S/C26H46N2O6/c1-17(2)20(27-22(31)34-23(3,4)5)21(30)28-13-11-26(12-14-28)15-19-25(8,32-16-26)10-9-18(29)24(6,7)33-19/h17-20,29H,9-16H2,1-8H3,(H,27,31)/t18-,19-,20+,25+/m0/s1. The summed E-state index contributed by atoms with van der Waals surface area (Å²) in [5, 5.41) is 13.3. The predicted octanol–water partition coefficient (Wildman–Crippen LogP) is 3.64. The van der Waals surface area contributed by atoms with Crippen molar-refractivity contribution in [2.75, 3.05) is 19.7 Å². The van der Waals surface area contributed by atoms with E-state index < -0.39 is 35.0 Å². The largest absolute Gasteiger partial charge is 0.444 e. The van der Waals surface area contributed by atoms with Gasteiger partial charge < -0.3 is 29.5 Å². The first-order valence-corrected chi connectivity index (χ1v) is 12.8. The number of fused-ring (bicyclic) bond motifs is 1. The monoisotopic (exact) mass is 482 g/mol. The maximum atomic E-state index is 13.3. The lowest BCUT2D eigenvalue weighted by Gasteiger charge is -2.53. The SMILES string of the molecule is CC(C)[C@@H](NC(=O)OC(C)(C)C)C(=O)N1CCC2(CC1)CO[C@]1(C)CC[C@H](O)C(C)(C)O[C@H]1C2. The van der Waals surface area contributed by atoms with E-state index in [1.807, 2.05) is 32.6 Å². The maximum Gasteiger partial charge on any atom is 0.408 e. The predicted molar refractivity (Wildman–Crippen MR) is 129 cm³/mol. The Balaban J connectivity index is 1.63. The Bertz CT molecular complexity index is 753. The molecule has 2 N–H and O–H groups in total. The number of piperidine rings is 1. The molecule has 0 unspecified atom stereocenters. The number of ether oxygens (including phenoxy) is 3. The van der Waals surface area contributed by atoms with Gasteiger partial charge >= 0.3 is 6.09 Å². The zero-order valence-corrected chi connectivity index (χ0v) is 22.4. The molecule has 3 fully saturated rings. The van der Waals surface area contributed by atoms with E-state index in [0.29, 0.717) is 26.1 Å². The molecule has 196 valence electrons. The Morgan fingerprint density at radius 1 is 1.12 bits per heavy atom. The number of carbonyl (C=O) groups excluding carboxylic acids is 2. The van der Waals surface area contributed by atoms with E-state index in [1.54, 1.807) is 20.8 Å². The van der Waals surface area contributed by atoms with Gasteiger partial charge in [-0.25, -0.2) is 4.79 Å². The van der Waals surface area contributed by atoms with Gasteiger partial charge in [0.15, 0.2) is 0 Å². The highest BCUT2D eigenvalue weighted by Gasteiger charge is 2.53. The highest BCUT2D eigenvalue weighted by Crippen LogP contribution is 2.49. The summed E-state index contributed by atoms with van der Waals surface area (Å²) in [4.78, 5) is 27.5. The average molecular weight is 483 g/mol. The molecule has 1 spiro atoms. The minimum Gasteiger partial charge on any atom is -0.444 e. The average Bonchev–Trinajstić information content (AvgIpc) is 2.79. The van der Waals surface area contributed by atoms with Crippen molar-refractivity contribution >= 4 is 12.0 Å². The van der Waals surface area contributed by atoms with Crippen molar-refractivity contribution < 1.29 is 28.9 Å². The topological polar surface area (TPSA) is 97.3 Å². The summed E-state index contributed by atoms with van der Waals surface area (Å²) in [6.07, 6.45) is 2.79. The molecule has 0 aliphatic carbocycles. The number of carbonyl (C=O) groups is 2. The molecule has 3 heterocycles. The van der Waals surface area contributed by atoms with Crippen LogP contribution in [-0.2, 0) is 19.0 Å². The molecule has 0 aromatic carbocycles. The molecule has 8 nitrogen and oxygen atoms in total. The molecule has 2 amide bonds. The Kier molecular flexibility index (Phi) is 7.67. The van der Waals surface area contributed by atoms with Crippen LogP contribution in [0, 0.1) is 11.3 Å². The number of nitrogens with zero attached hydrogens (tertiary/aromatic N) is 1. The lowest BCUT2D eigenvalue weighted by Crippen LogP contribution is -2.59. The van der Waals surface area contributed by atoms with Crippen LogP contribution < -0.4 is 5.32 Å². The second-order valence-corrected chi connectivity index (χ2v) is 12.8. The van der Waals surface area contributed by atoms with Crippen LogP contribution in [0.25, 0.3) is 0 Å². The molecule has 8 heteroatoms. The van der Waals surface area contributed by atoms with Crippen molar-refractivity contribution in [3.8, 4) is 0 Å². The Hall–Kier alpha value is -1.38. The van der Waals surface area contributed by atoms with Crippen molar-refractivity contribution in [3.05, 3.63) is 0 Å². The number of nitrogens with one attached hydrogen (secondary N) is 1. The smallest absolute Gasteiger partial charge is 0.408 e. The number of aliphatic hydroxyl groups is 1. The van der Waals surface area contributed by atoms with Crippen LogP contribution in [0.4, 0.5) is 4.79 Å². The number of aliphatic hydroxyl groups excluding tert-OH is 1. The van der Waals surface area contributed by atoms with Crippen molar-refractivity contribution in [2.45, 2.75) is 123 Å². The summed E-state index contributed by atoms with van der Waals surface area (Å²) in [7, 11) is 0. The van der Waals surface area contributed by atoms with E-state index >= 15 is 0 Å². The zero-order chi connectivity index (χ0) is 25.5. The summed E-state index contributed by atoms with van der Waals surface area (Å²) >= 11 is 0. The van der Waals surface area contributed by atoms with Gasteiger partial charge in [-0.2, -0.15) is 0 Å². The summed E-state index contributed by atoms with van der Waals surface area (Å²) in [6.45, 7) is 17.2. The second-order valence-electron chi connectivity index (χ2n) is 12.8. The molecule has 0 aromatic heterocycles. The first-order chi connectivity index (χ1) is 15.6. The van der Waals surface area contributed by atoms with Crippen LogP contribution in [0.3, 0.4) is 0 Å². The van der Waals surface area contributed by atoms with Crippen molar-refractivity contribution in [3.63, 3.8) is 0 Å². The molecule has 0 bridgehead atoms. The fourth-order valence-electron chi connectivity index (χ4n) is 5.39. The third-order valence-corrected chi connectivity index (χ3v) is 7.91. The molecule has 0 saturated carbocycles. The van der Waals surface area contributed by atoms with Gasteiger partial charge in [0.25, 0.3) is 0 Å². The van der Waals surface area contributed by atoms with Gasteiger partial charge in [-0.15, -0.1) is 0 Å². The number of hydrogen-bond donors (Lipinski definition) is 2. The van der Waals surface area contributed by atoms with Crippen LogP contribution in [0.5, 0.6) is 0 Å². The van der Waals surface area contributed by atoms with E-state index in [2.05, 4.69) is 12.2 Å². The van der Waals surface area contributed by atoms with Crippen LogP contribution in [0.2, 0.25) is 0 Å². The van der Waals surface area contributed by atoms with Gasteiger partial charge in [0, 0.05) is 13.1 Å². The minimum atomic E-state index is -0.623. The van der Waals surface area contributed by atoms with Crippen LogP contribution in [0.1, 0.15) is 87.5 Å². The van der Waals surface area contributed by atoms with Crippen LogP contribution in [-0.4, -0.2) is 76.8 Å². The highest BCUT2D eigenvalue weighted by atomic mass is 16.6. The fraction of sp³-hybridized carbons (Fsp3) is 0.923. The normalized spacial score (nSPS) is 32.0. The Morgan fingerprint density at radius 3 is 2.29 bits per heavy atom. The van der Waals surface area contributed by atoms with Gasteiger partial charge in [0.2, 0.25) is 5.91 Å². The van der Waals surface area contributed by atoms with Gasteiger partial charge in [-0.1, -0.05) is 13.8 Å². The number of amides is 2. The molecule has 3 rings (SSSR count). The summed E-state index contributed by atoms with van der Waals surface area (Å²) in [5.41, 5.74) is -1.67. The molecular formula is C26H46N2O6. The molecule has 4 atom stereocenters. The van der Waals surface area contributed by atoms with Crippen molar-refractivity contribution in [1.82, 2.24) is 10.2 Å². The maximum absolute atomic E-state index is 13.3. The number of hydrogen-bond acceptors (Lipinski definition) is 6. The lowest BCUT2D eigenvalue weighted by atomic mass is 9.69. The number of likely N-dealkylation sites (tertiary alicyclic amines) is 1. The summed E-state index contributed by atoms with van der Waals surface area (Å²) < 4.78 is 18.3. The van der Waals surface area contributed by atoms with Gasteiger partial charge in [-0.3, -0.25) is 4.79 Å². The van der Waals surface area contributed by atoms with Gasteiger partial charge in [0.05, 0.1) is 30.0 Å². The van der Waals surface area contributed by atoms with E-state index in [1.165, 1.54) is 0 Å². The first kappa shape index (κ1) is 27.2. The molecular weight excluding hydrogens is 436 g/mol. The van der Waals surface area contributed by atoms with Crippen LogP contribution in [0.15, 0.2) is 0 Å². The molecule has 3 saturated heterocycles. The van der Waals surface area contributed by atoms with E-state index in [9.17, 15) is 14.7 Å². The Morgan fingerprint density at radius 2 is 1.74 bits per heavy atom. The number of rotatable bonds is 3. The summed E-state index contributed by atoms with van der Waals surface area (Å²) in [6, 6.07) is -0.623. The first-order valence-electron chi connectivity index (χ1n) is 12.8. The third kappa shape index (κ3) is 6.05. The van der Waals surface area contributed by atoms with Crippen LogP contribution >= 0.6 is 0 Å². The van der Waals surface area contributed by atoms with Gasteiger partial charge in [-0.05, 0) is 85.0 Å². The number of alkyl carbamates (subject to hydrolysis) is 1.